The molecule has 0 spiro atoms. The molecule has 3 N–H and O–H groups in total. The molecular formula is C20H15F5N4O3. The third-order valence-corrected chi connectivity index (χ3v) is 4.94. The Bertz CT molecular complexity index is 1170. The van der Waals surface area contributed by atoms with Crippen molar-refractivity contribution in [3.05, 3.63) is 54.0 Å². The summed E-state index contributed by atoms with van der Waals surface area (Å²) in [6.07, 6.45) is -1.93. The van der Waals surface area contributed by atoms with Crippen molar-refractivity contribution < 1.29 is 36.3 Å². The van der Waals surface area contributed by atoms with Gasteiger partial charge in [-0.1, -0.05) is 0 Å². The number of benzene rings is 1. The minimum Gasteiger partial charge on any atom is -0.489 e. The van der Waals surface area contributed by atoms with Gasteiger partial charge in [0.25, 0.3) is 0 Å². The number of aromatic nitrogens is 2. The molecule has 1 aliphatic carbocycles. The van der Waals surface area contributed by atoms with Gasteiger partial charge in [-0.05, 0) is 18.2 Å². The van der Waals surface area contributed by atoms with E-state index in [9.17, 15) is 31.5 Å². The van der Waals surface area contributed by atoms with Crippen LogP contribution in [0.3, 0.4) is 0 Å². The Morgan fingerprint density at radius 3 is 2.47 bits per heavy atom. The Hall–Kier alpha value is -3.70. The molecule has 0 bridgehead atoms. The first kappa shape index (κ1) is 21.5. The fraction of sp³-hybridized carbons (Fsp3) is 0.250. The molecule has 2 amide bonds. The Kier molecular flexibility index (Phi) is 5.45. The third-order valence-electron chi connectivity index (χ3n) is 4.94. The van der Waals surface area contributed by atoms with Gasteiger partial charge in [-0.25, -0.2) is 13.8 Å². The quantitative estimate of drug-likeness (QED) is 0.415. The van der Waals surface area contributed by atoms with Crippen LogP contribution in [0.5, 0.6) is 5.75 Å². The Morgan fingerprint density at radius 2 is 1.81 bits per heavy atom. The predicted octanol–water partition coefficient (Wildman–Crippen LogP) is 3.52. The number of alkyl halides is 3. The number of aromatic amines is 1. The van der Waals surface area contributed by atoms with Gasteiger partial charge in [0.1, 0.15) is 17.5 Å². The molecular weight excluding hydrogens is 439 g/mol. The number of nitrogens with zero attached hydrogens (tertiary/aromatic N) is 1. The summed E-state index contributed by atoms with van der Waals surface area (Å²) in [6.45, 7) is 0. The van der Waals surface area contributed by atoms with Gasteiger partial charge in [0.05, 0.1) is 17.4 Å². The lowest BCUT2D eigenvalue weighted by Gasteiger charge is -2.35. The van der Waals surface area contributed by atoms with Crippen LogP contribution in [0.4, 0.5) is 27.6 Å². The van der Waals surface area contributed by atoms with E-state index in [-0.39, 0.29) is 34.5 Å². The summed E-state index contributed by atoms with van der Waals surface area (Å²) in [6, 6.07) is 3.43. The number of fused-ring (bicyclic) bond motifs is 1. The fourth-order valence-electron chi connectivity index (χ4n) is 3.24. The van der Waals surface area contributed by atoms with Gasteiger partial charge < -0.3 is 20.4 Å². The zero-order valence-corrected chi connectivity index (χ0v) is 16.1. The predicted molar refractivity (Wildman–Crippen MR) is 102 cm³/mol. The summed E-state index contributed by atoms with van der Waals surface area (Å²) in [4.78, 5) is 30.2. The van der Waals surface area contributed by atoms with Gasteiger partial charge in [-0.15, -0.1) is 0 Å². The highest BCUT2D eigenvalue weighted by atomic mass is 19.4. The molecule has 1 aromatic carbocycles. The molecule has 0 saturated heterocycles. The first-order chi connectivity index (χ1) is 15.1. The number of halogens is 5. The second kappa shape index (κ2) is 8.09. The van der Waals surface area contributed by atoms with Crippen molar-refractivity contribution in [3.63, 3.8) is 0 Å². The lowest BCUT2D eigenvalue weighted by molar-refractivity contribution is -0.141. The van der Waals surface area contributed by atoms with Crippen LogP contribution in [-0.4, -0.2) is 33.9 Å². The van der Waals surface area contributed by atoms with E-state index in [1.54, 1.807) is 0 Å². The number of rotatable bonds is 4. The minimum atomic E-state index is -4.54. The summed E-state index contributed by atoms with van der Waals surface area (Å²) in [5.74, 6) is -3.91. The van der Waals surface area contributed by atoms with Gasteiger partial charge in [0.2, 0.25) is 0 Å². The van der Waals surface area contributed by atoms with Crippen LogP contribution in [0.15, 0.2) is 36.7 Å². The third kappa shape index (κ3) is 4.48. The second-order valence-electron chi connectivity index (χ2n) is 7.23. The molecule has 4 rings (SSSR count). The number of carbonyl (C=O) groups excluding carboxylic acids is 2. The lowest BCUT2D eigenvalue weighted by atomic mass is 9.89. The normalized spacial score (nSPS) is 18.2. The molecule has 0 atom stereocenters. The zero-order valence-electron chi connectivity index (χ0n) is 16.1. The van der Waals surface area contributed by atoms with Crippen molar-refractivity contribution in [1.29, 1.82) is 0 Å². The van der Waals surface area contributed by atoms with Crippen LogP contribution in [0.25, 0.3) is 10.9 Å². The number of hydrogen-bond acceptors (Lipinski definition) is 4. The van der Waals surface area contributed by atoms with E-state index in [2.05, 4.69) is 20.6 Å². The molecule has 0 radical (unpaired) electrons. The smallest absolute Gasteiger partial charge is 0.433 e. The van der Waals surface area contributed by atoms with Crippen molar-refractivity contribution in [2.75, 3.05) is 5.32 Å². The van der Waals surface area contributed by atoms with Gasteiger partial charge >= 0.3 is 18.0 Å². The Morgan fingerprint density at radius 1 is 1.09 bits per heavy atom. The standard InChI is InChI=1S/C20H15F5N4O3/c21-13-5-12-15(6-14(13)22)26-8-16(12)29-19(31)18(30)28-9-3-11(4-9)32-10-1-2-17(27-7-10)20(23,24)25/h1-2,5-9,11,26H,3-4H2,(H,28,30)(H,29,31)/t9-,11+. The topological polar surface area (TPSA) is 96.1 Å². The average molecular weight is 454 g/mol. The maximum absolute atomic E-state index is 13.4. The summed E-state index contributed by atoms with van der Waals surface area (Å²) < 4.78 is 69.8. The van der Waals surface area contributed by atoms with E-state index >= 15 is 0 Å². The number of pyridine rings is 1. The molecule has 2 heterocycles. The summed E-state index contributed by atoms with van der Waals surface area (Å²) >= 11 is 0. The van der Waals surface area contributed by atoms with Gasteiger partial charge in [-0.3, -0.25) is 9.59 Å². The van der Waals surface area contributed by atoms with Gasteiger partial charge in [0.15, 0.2) is 11.6 Å². The molecule has 7 nitrogen and oxygen atoms in total. The number of H-pyrrole nitrogens is 1. The van der Waals surface area contributed by atoms with E-state index in [0.717, 1.165) is 30.5 Å². The summed E-state index contributed by atoms with van der Waals surface area (Å²) in [7, 11) is 0. The maximum Gasteiger partial charge on any atom is 0.433 e. The molecule has 0 aliphatic heterocycles. The molecule has 168 valence electrons. The van der Waals surface area contributed by atoms with Crippen LogP contribution >= 0.6 is 0 Å². The molecule has 1 fully saturated rings. The minimum absolute atomic E-state index is 0.115. The molecule has 1 aliphatic rings. The van der Waals surface area contributed by atoms with E-state index in [1.165, 1.54) is 6.20 Å². The van der Waals surface area contributed by atoms with Crippen LogP contribution in [0, 0.1) is 11.6 Å². The maximum atomic E-state index is 13.4. The van der Waals surface area contributed by atoms with Crippen molar-refractivity contribution in [1.82, 2.24) is 15.3 Å². The number of anilines is 1. The van der Waals surface area contributed by atoms with E-state index < -0.39 is 35.3 Å². The molecule has 1 saturated carbocycles. The highest BCUT2D eigenvalue weighted by Crippen LogP contribution is 2.30. The highest BCUT2D eigenvalue weighted by molar-refractivity contribution is 6.40. The largest absolute Gasteiger partial charge is 0.489 e. The van der Waals surface area contributed by atoms with Crippen molar-refractivity contribution >= 4 is 28.4 Å². The average Bonchev–Trinajstić information content (AvgIpc) is 3.07. The van der Waals surface area contributed by atoms with Crippen molar-refractivity contribution in [3.8, 4) is 5.75 Å². The lowest BCUT2D eigenvalue weighted by Crippen LogP contribution is -2.51. The van der Waals surface area contributed by atoms with Gasteiger partial charge in [-0.2, -0.15) is 13.2 Å². The van der Waals surface area contributed by atoms with E-state index in [4.69, 9.17) is 4.74 Å². The Balaban J connectivity index is 1.27. The number of hydrogen-bond donors (Lipinski definition) is 3. The monoisotopic (exact) mass is 454 g/mol. The number of ether oxygens (including phenoxy) is 1. The van der Waals surface area contributed by atoms with E-state index in [0.29, 0.717) is 12.8 Å². The number of nitrogens with one attached hydrogen (secondary N) is 3. The van der Waals surface area contributed by atoms with Crippen molar-refractivity contribution in [2.24, 2.45) is 0 Å². The molecule has 32 heavy (non-hydrogen) atoms. The van der Waals surface area contributed by atoms with Crippen LogP contribution in [0.2, 0.25) is 0 Å². The van der Waals surface area contributed by atoms with E-state index in [1.807, 2.05) is 0 Å². The molecule has 0 unspecified atom stereocenters. The summed E-state index contributed by atoms with van der Waals surface area (Å²) in [5.41, 5.74) is -0.669. The van der Waals surface area contributed by atoms with Crippen LogP contribution in [-0.2, 0) is 15.8 Å². The number of carbonyl (C=O) groups is 2. The second-order valence-corrected chi connectivity index (χ2v) is 7.23. The fourth-order valence-corrected chi connectivity index (χ4v) is 3.24. The van der Waals surface area contributed by atoms with Crippen LogP contribution in [0.1, 0.15) is 18.5 Å². The molecule has 12 heteroatoms. The zero-order chi connectivity index (χ0) is 23.0. The first-order valence-electron chi connectivity index (χ1n) is 9.38. The molecule has 3 aromatic rings. The van der Waals surface area contributed by atoms with Crippen molar-refractivity contribution in [2.45, 2.75) is 31.2 Å². The van der Waals surface area contributed by atoms with Gasteiger partial charge in [0, 0.05) is 36.5 Å². The van der Waals surface area contributed by atoms with Crippen LogP contribution < -0.4 is 15.4 Å². The highest BCUT2D eigenvalue weighted by Gasteiger charge is 2.35. The Labute approximate surface area is 177 Å². The number of amides is 2. The SMILES string of the molecule is O=C(Nc1c[nH]c2cc(F)c(F)cc12)C(=O)N[C@H]1C[C@@H](Oc2ccc(C(F)(F)F)nc2)C1. The summed E-state index contributed by atoms with van der Waals surface area (Å²) in [5, 5.41) is 5.03. The first-order valence-corrected chi connectivity index (χ1v) is 9.38. The molecule has 2 aromatic heterocycles.